The maximum absolute atomic E-state index is 13.1. The van der Waals surface area contributed by atoms with E-state index in [2.05, 4.69) is 5.16 Å². The van der Waals surface area contributed by atoms with Gasteiger partial charge in [0.05, 0.1) is 16.6 Å². The van der Waals surface area contributed by atoms with E-state index in [-0.39, 0.29) is 21.9 Å². The number of carbonyl (C=O) groups is 1. The molecule has 2 aromatic rings. The maximum atomic E-state index is 13.1. The number of sulfonamides is 1. The fourth-order valence-corrected chi connectivity index (χ4v) is 3.33. The van der Waals surface area contributed by atoms with E-state index < -0.39 is 32.4 Å². The van der Waals surface area contributed by atoms with Crippen LogP contribution in [0.5, 0.6) is 0 Å². The van der Waals surface area contributed by atoms with Gasteiger partial charge >= 0.3 is 0 Å². The van der Waals surface area contributed by atoms with Crippen molar-refractivity contribution in [1.29, 1.82) is 0 Å². The van der Waals surface area contributed by atoms with Crippen molar-refractivity contribution in [3.63, 3.8) is 0 Å². The second-order valence-corrected chi connectivity index (χ2v) is 6.54. The molecule has 0 aliphatic carbocycles. The molecule has 0 unspecified atom stereocenters. The Balaban J connectivity index is 2.24. The first kappa shape index (κ1) is 18.3. The number of nitro groups is 1. The molecule has 1 heterocycles. The summed E-state index contributed by atoms with van der Waals surface area (Å²) in [6.45, 7) is 2.77. The Labute approximate surface area is 141 Å². The molecule has 25 heavy (non-hydrogen) atoms. The predicted octanol–water partition coefficient (Wildman–Crippen LogP) is 1.86. The van der Waals surface area contributed by atoms with E-state index in [1.165, 1.54) is 13.8 Å². The Hall–Kier alpha value is -3.08. The van der Waals surface area contributed by atoms with E-state index >= 15 is 0 Å². The molecule has 0 saturated heterocycles. The van der Waals surface area contributed by atoms with Crippen LogP contribution >= 0.6 is 0 Å². The van der Waals surface area contributed by atoms with Crippen LogP contribution in [0.1, 0.15) is 17.0 Å². The van der Waals surface area contributed by atoms with Crippen molar-refractivity contribution < 1.29 is 27.0 Å². The van der Waals surface area contributed by atoms with Gasteiger partial charge < -0.3 is 4.52 Å². The lowest BCUT2D eigenvalue weighted by atomic mass is 10.1. The van der Waals surface area contributed by atoms with Crippen LogP contribution in [0, 0.1) is 29.8 Å². The van der Waals surface area contributed by atoms with Crippen LogP contribution in [0.15, 0.2) is 33.7 Å². The summed E-state index contributed by atoms with van der Waals surface area (Å²) >= 11 is 0. The highest BCUT2D eigenvalue weighted by molar-refractivity contribution is 7.90. The topological polar surface area (TPSA) is 132 Å². The van der Waals surface area contributed by atoms with Crippen LogP contribution < -0.4 is 4.72 Å². The first-order valence-electron chi connectivity index (χ1n) is 6.73. The molecule has 0 radical (unpaired) electrons. The zero-order valence-electron chi connectivity index (χ0n) is 13.0. The van der Waals surface area contributed by atoms with Crippen LogP contribution in [-0.2, 0) is 14.8 Å². The average Bonchev–Trinajstić information content (AvgIpc) is 2.85. The van der Waals surface area contributed by atoms with Crippen LogP contribution in [-0.4, -0.2) is 24.4 Å². The fourth-order valence-electron chi connectivity index (χ4n) is 2.06. The van der Waals surface area contributed by atoms with Gasteiger partial charge in [0.15, 0.2) is 10.7 Å². The SMILES string of the molecule is Cc1noc(C)c1S(=O)(=O)NC(=O)C=Cc1ccc(F)cc1[N+](=O)[O-]. The van der Waals surface area contributed by atoms with Crippen LogP contribution in [0.4, 0.5) is 10.1 Å². The third kappa shape index (κ3) is 4.07. The van der Waals surface area contributed by atoms with Gasteiger partial charge in [0.25, 0.3) is 21.6 Å². The molecule has 0 aliphatic heterocycles. The summed E-state index contributed by atoms with van der Waals surface area (Å²) in [5.41, 5.74) is -0.537. The minimum Gasteiger partial charge on any atom is -0.360 e. The van der Waals surface area contributed by atoms with Crippen molar-refractivity contribution in [3.8, 4) is 0 Å². The molecule has 0 saturated carbocycles. The number of hydrogen-bond acceptors (Lipinski definition) is 7. The highest BCUT2D eigenvalue weighted by Crippen LogP contribution is 2.21. The lowest BCUT2D eigenvalue weighted by molar-refractivity contribution is -0.385. The smallest absolute Gasteiger partial charge is 0.279 e. The van der Waals surface area contributed by atoms with Crippen molar-refractivity contribution in [2.75, 3.05) is 0 Å². The van der Waals surface area contributed by atoms with Gasteiger partial charge in [-0.15, -0.1) is 0 Å². The van der Waals surface area contributed by atoms with Crippen LogP contribution in [0.3, 0.4) is 0 Å². The quantitative estimate of drug-likeness (QED) is 0.483. The molecular weight excluding hydrogens is 357 g/mol. The van der Waals surface area contributed by atoms with Gasteiger partial charge in [-0.1, -0.05) is 5.16 Å². The summed E-state index contributed by atoms with van der Waals surface area (Å²) in [7, 11) is -4.22. The number of amides is 1. The second-order valence-electron chi connectivity index (χ2n) is 4.92. The molecule has 0 bridgehead atoms. The zero-order chi connectivity index (χ0) is 18.8. The number of hydrogen-bond donors (Lipinski definition) is 1. The Kier molecular flexibility index (Phi) is 4.97. The van der Waals surface area contributed by atoms with E-state index in [0.29, 0.717) is 6.07 Å². The summed E-state index contributed by atoms with van der Waals surface area (Å²) in [5, 5.41) is 14.4. The van der Waals surface area contributed by atoms with Gasteiger partial charge in [-0.05, 0) is 32.1 Å². The van der Waals surface area contributed by atoms with Crippen LogP contribution in [0.25, 0.3) is 6.08 Å². The first-order chi connectivity index (χ1) is 11.6. The number of halogens is 1. The number of nitrogens with zero attached hydrogens (tertiary/aromatic N) is 2. The van der Waals surface area contributed by atoms with Gasteiger partial charge in [0.2, 0.25) is 0 Å². The van der Waals surface area contributed by atoms with Gasteiger partial charge in [-0.25, -0.2) is 17.5 Å². The normalized spacial score (nSPS) is 11.6. The molecule has 2 rings (SSSR count). The Morgan fingerprint density at radius 3 is 2.64 bits per heavy atom. The van der Waals surface area contributed by atoms with Crippen molar-refractivity contribution in [2.45, 2.75) is 18.7 Å². The summed E-state index contributed by atoms with van der Waals surface area (Å²) in [5.74, 6) is -1.84. The van der Waals surface area contributed by atoms with Crippen molar-refractivity contribution in [3.05, 3.63) is 57.2 Å². The number of aryl methyl sites for hydroxylation is 2. The number of benzene rings is 1. The second kappa shape index (κ2) is 6.81. The summed E-state index contributed by atoms with van der Waals surface area (Å²) < 4.78 is 43.9. The number of rotatable bonds is 5. The minimum absolute atomic E-state index is 0.0101. The number of nitrogens with one attached hydrogen (secondary N) is 1. The van der Waals surface area contributed by atoms with Crippen molar-refractivity contribution >= 4 is 27.7 Å². The van der Waals surface area contributed by atoms with Gasteiger partial charge in [-0.2, -0.15) is 0 Å². The number of nitro benzene ring substituents is 1. The lowest BCUT2D eigenvalue weighted by Crippen LogP contribution is -2.29. The molecule has 11 heteroatoms. The summed E-state index contributed by atoms with van der Waals surface area (Å²) in [6.07, 6.45) is 1.80. The summed E-state index contributed by atoms with van der Waals surface area (Å²) in [4.78, 5) is 21.6. The minimum atomic E-state index is -4.22. The lowest BCUT2D eigenvalue weighted by Gasteiger charge is -2.03. The maximum Gasteiger partial charge on any atom is 0.279 e. The number of aromatic nitrogens is 1. The Bertz CT molecular complexity index is 961. The average molecular weight is 369 g/mol. The van der Waals surface area contributed by atoms with E-state index in [4.69, 9.17) is 4.52 Å². The molecule has 0 spiro atoms. The van der Waals surface area contributed by atoms with E-state index in [1.54, 1.807) is 4.72 Å². The molecule has 132 valence electrons. The molecule has 0 atom stereocenters. The molecule has 0 fully saturated rings. The largest absolute Gasteiger partial charge is 0.360 e. The van der Waals surface area contributed by atoms with Crippen molar-refractivity contribution in [1.82, 2.24) is 9.88 Å². The molecule has 1 aromatic carbocycles. The monoisotopic (exact) mass is 369 g/mol. The van der Waals surface area contributed by atoms with E-state index in [1.807, 2.05) is 0 Å². The highest BCUT2D eigenvalue weighted by atomic mass is 32.2. The molecular formula is C14H12FN3O6S. The van der Waals surface area contributed by atoms with E-state index in [9.17, 15) is 27.7 Å². The highest BCUT2D eigenvalue weighted by Gasteiger charge is 2.25. The first-order valence-corrected chi connectivity index (χ1v) is 8.22. The molecule has 9 nitrogen and oxygen atoms in total. The Morgan fingerprint density at radius 1 is 1.40 bits per heavy atom. The summed E-state index contributed by atoms with van der Waals surface area (Å²) in [6, 6.07) is 2.77. The third-order valence-electron chi connectivity index (χ3n) is 3.08. The van der Waals surface area contributed by atoms with Gasteiger partial charge in [0, 0.05) is 6.08 Å². The molecule has 1 aromatic heterocycles. The number of carbonyl (C=O) groups excluding carboxylic acids is 1. The van der Waals surface area contributed by atoms with Crippen molar-refractivity contribution in [2.24, 2.45) is 0 Å². The molecule has 1 amide bonds. The molecule has 1 N–H and O–H groups in total. The van der Waals surface area contributed by atoms with Gasteiger partial charge in [0.1, 0.15) is 11.5 Å². The standard InChI is InChI=1S/C14H12FN3O6S/c1-8-14(9(2)24-16-8)25(22,23)17-13(19)6-4-10-3-5-11(15)7-12(10)18(20)21/h3-7H,1-2H3,(H,17,19). The van der Waals surface area contributed by atoms with Gasteiger partial charge in [-0.3, -0.25) is 14.9 Å². The predicted molar refractivity (Wildman–Crippen MR) is 83.4 cm³/mol. The van der Waals surface area contributed by atoms with E-state index in [0.717, 1.165) is 24.3 Å². The fraction of sp³-hybridized carbons (Fsp3) is 0.143. The molecule has 0 aliphatic rings. The third-order valence-corrected chi connectivity index (χ3v) is 4.67. The zero-order valence-corrected chi connectivity index (χ0v) is 13.8. The van der Waals surface area contributed by atoms with Crippen LogP contribution in [0.2, 0.25) is 0 Å². The Morgan fingerprint density at radius 2 is 2.08 bits per heavy atom.